The van der Waals surface area contributed by atoms with Crippen LogP contribution in [0.3, 0.4) is 0 Å². The molecule has 8 nitrogen and oxygen atoms in total. The van der Waals surface area contributed by atoms with Crippen LogP contribution in [-0.2, 0) is 34.3 Å². The van der Waals surface area contributed by atoms with Crippen LogP contribution in [0.2, 0.25) is 4.34 Å². The maximum atomic E-state index is 13.0. The predicted octanol–water partition coefficient (Wildman–Crippen LogP) is 4.13. The number of hydrogen-bond acceptors (Lipinski definition) is 6. The van der Waals surface area contributed by atoms with Crippen LogP contribution < -0.4 is 15.8 Å². The van der Waals surface area contributed by atoms with Crippen molar-refractivity contribution in [3.05, 3.63) is 75.6 Å². The van der Waals surface area contributed by atoms with Crippen LogP contribution in [0.15, 0.2) is 58.8 Å². The van der Waals surface area contributed by atoms with Gasteiger partial charge in [0.2, 0.25) is 5.91 Å². The Morgan fingerprint density at radius 3 is 2.63 bits per heavy atom. The minimum atomic E-state index is -3.84. The number of halogens is 1. The molecule has 184 valence electrons. The first-order chi connectivity index (χ1) is 16.8. The van der Waals surface area contributed by atoms with Crippen molar-refractivity contribution in [1.29, 1.82) is 0 Å². The number of carbonyl (C=O) groups is 1. The number of fused-ring (bicyclic) bond motifs is 1. The van der Waals surface area contributed by atoms with Crippen LogP contribution >= 0.6 is 22.9 Å². The number of nitrogens with one attached hydrogen (secondary N) is 2. The maximum absolute atomic E-state index is 13.0. The molecule has 1 amide bonds. The van der Waals surface area contributed by atoms with Gasteiger partial charge in [0, 0.05) is 24.9 Å². The number of sulfonamides is 1. The SMILES string of the molecule is CCc1cccc2c1c(NS(=O)(=O)c1ccc(Cl)s1)nn2Cc1cccc(CNC(=O)CCN)c1. The molecule has 0 unspecified atom stereocenters. The Labute approximate surface area is 213 Å². The van der Waals surface area contributed by atoms with Crippen molar-refractivity contribution < 1.29 is 13.2 Å². The molecule has 2 aromatic carbocycles. The van der Waals surface area contributed by atoms with E-state index in [1.165, 1.54) is 6.07 Å². The van der Waals surface area contributed by atoms with Crippen molar-refractivity contribution in [2.45, 2.75) is 37.1 Å². The number of benzene rings is 2. The third-order valence-corrected chi connectivity index (χ3v) is 8.54. The number of aromatic nitrogens is 2. The molecule has 0 saturated carbocycles. The van der Waals surface area contributed by atoms with Gasteiger partial charge >= 0.3 is 0 Å². The predicted molar refractivity (Wildman–Crippen MR) is 140 cm³/mol. The van der Waals surface area contributed by atoms with Gasteiger partial charge in [0.25, 0.3) is 10.0 Å². The molecule has 11 heteroatoms. The number of anilines is 1. The van der Waals surface area contributed by atoms with Crippen molar-refractivity contribution in [2.24, 2.45) is 5.73 Å². The molecule has 0 bridgehead atoms. The molecule has 0 saturated heterocycles. The highest BCUT2D eigenvalue weighted by molar-refractivity contribution is 7.94. The first kappa shape index (κ1) is 25.2. The highest BCUT2D eigenvalue weighted by Crippen LogP contribution is 2.32. The van der Waals surface area contributed by atoms with Crippen molar-refractivity contribution in [1.82, 2.24) is 15.1 Å². The van der Waals surface area contributed by atoms with Crippen molar-refractivity contribution in [3.8, 4) is 0 Å². The summed E-state index contributed by atoms with van der Waals surface area (Å²) in [7, 11) is -3.84. The number of carbonyl (C=O) groups excluding carboxylic acids is 1. The Hall–Kier alpha value is -2.92. The lowest BCUT2D eigenvalue weighted by Gasteiger charge is -2.08. The molecule has 0 aliphatic carbocycles. The van der Waals surface area contributed by atoms with E-state index in [2.05, 4.69) is 15.1 Å². The summed E-state index contributed by atoms with van der Waals surface area (Å²) in [5.41, 5.74) is 9.18. The molecule has 35 heavy (non-hydrogen) atoms. The Kier molecular flexibility index (Phi) is 7.75. The van der Waals surface area contributed by atoms with Gasteiger partial charge in [-0.3, -0.25) is 14.2 Å². The monoisotopic (exact) mass is 531 g/mol. The highest BCUT2D eigenvalue weighted by atomic mass is 35.5. The summed E-state index contributed by atoms with van der Waals surface area (Å²) in [5.74, 6) is 0.194. The van der Waals surface area contributed by atoms with Gasteiger partial charge in [-0.15, -0.1) is 11.3 Å². The number of amides is 1. The van der Waals surface area contributed by atoms with Gasteiger partial charge in [-0.25, -0.2) is 8.42 Å². The van der Waals surface area contributed by atoms with E-state index in [0.717, 1.165) is 45.4 Å². The summed E-state index contributed by atoms with van der Waals surface area (Å²) >= 11 is 6.95. The molecule has 4 aromatic rings. The van der Waals surface area contributed by atoms with E-state index in [1.807, 2.05) is 49.4 Å². The van der Waals surface area contributed by atoms with Gasteiger partial charge in [-0.1, -0.05) is 54.9 Å². The first-order valence-corrected chi connectivity index (χ1v) is 13.8. The van der Waals surface area contributed by atoms with Crippen LogP contribution in [0.25, 0.3) is 10.9 Å². The van der Waals surface area contributed by atoms with Crippen molar-refractivity contribution in [3.63, 3.8) is 0 Å². The molecule has 4 N–H and O–H groups in total. The second-order valence-electron chi connectivity index (χ2n) is 7.97. The normalized spacial score (nSPS) is 11.6. The van der Waals surface area contributed by atoms with Crippen LogP contribution in [0.1, 0.15) is 30.0 Å². The second-order valence-corrected chi connectivity index (χ2v) is 11.6. The van der Waals surface area contributed by atoms with Crippen LogP contribution in [0.4, 0.5) is 5.82 Å². The zero-order valence-electron chi connectivity index (χ0n) is 19.1. The van der Waals surface area contributed by atoms with E-state index in [4.69, 9.17) is 17.3 Å². The third kappa shape index (κ3) is 5.84. The fourth-order valence-electron chi connectivity index (χ4n) is 3.84. The number of aryl methyl sites for hydroxylation is 1. The topological polar surface area (TPSA) is 119 Å². The summed E-state index contributed by atoms with van der Waals surface area (Å²) < 4.78 is 31.0. The van der Waals surface area contributed by atoms with E-state index in [1.54, 1.807) is 10.7 Å². The van der Waals surface area contributed by atoms with Gasteiger partial charge in [0.15, 0.2) is 5.82 Å². The lowest BCUT2D eigenvalue weighted by Crippen LogP contribution is -2.25. The number of hydrogen-bond donors (Lipinski definition) is 3. The zero-order chi connectivity index (χ0) is 25.0. The zero-order valence-corrected chi connectivity index (χ0v) is 21.5. The van der Waals surface area contributed by atoms with Gasteiger partial charge in [-0.2, -0.15) is 5.10 Å². The summed E-state index contributed by atoms with van der Waals surface area (Å²) in [4.78, 5) is 11.8. The number of thiophene rings is 1. The summed E-state index contributed by atoms with van der Waals surface area (Å²) in [5, 5.41) is 8.28. The van der Waals surface area contributed by atoms with E-state index in [-0.39, 0.29) is 22.4 Å². The smallest absolute Gasteiger partial charge is 0.272 e. The molecule has 2 aromatic heterocycles. The molecule has 0 atom stereocenters. The molecule has 4 rings (SSSR count). The Morgan fingerprint density at radius 2 is 1.91 bits per heavy atom. The largest absolute Gasteiger partial charge is 0.352 e. The number of rotatable bonds is 10. The molecule has 2 heterocycles. The standard InChI is InChI=1S/C24H26ClN5O3S2/c1-2-18-7-4-8-19-23(18)24(29-35(32,33)22-10-9-20(25)34-22)28-30(19)15-17-6-3-5-16(13-17)14-27-21(31)11-12-26/h3-10,13H,2,11-12,14-15,26H2,1H3,(H,27,31)(H,28,29). The Balaban J connectivity index is 1.65. The molecular formula is C24H26ClN5O3S2. The molecular weight excluding hydrogens is 506 g/mol. The van der Waals surface area contributed by atoms with E-state index in [0.29, 0.717) is 24.0 Å². The van der Waals surface area contributed by atoms with E-state index >= 15 is 0 Å². The van der Waals surface area contributed by atoms with Crippen molar-refractivity contribution >= 4 is 55.6 Å². The van der Waals surface area contributed by atoms with Gasteiger partial charge < -0.3 is 11.1 Å². The number of nitrogens with two attached hydrogens (primary N) is 1. The Bertz CT molecular complexity index is 1460. The molecule has 0 radical (unpaired) electrons. The van der Waals surface area contributed by atoms with Gasteiger partial charge in [-0.05, 0) is 41.3 Å². The quantitative estimate of drug-likeness (QED) is 0.284. The second kappa shape index (κ2) is 10.8. The van der Waals surface area contributed by atoms with Crippen LogP contribution in [0, 0.1) is 0 Å². The van der Waals surface area contributed by atoms with Crippen molar-refractivity contribution in [2.75, 3.05) is 11.3 Å². The Morgan fingerprint density at radius 1 is 1.14 bits per heavy atom. The van der Waals surface area contributed by atoms with E-state index < -0.39 is 10.0 Å². The molecule has 0 aliphatic heterocycles. The first-order valence-electron chi connectivity index (χ1n) is 11.1. The maximum Gasteiger partial charge on any atom is 0.272 e. The summed E-state index contributed by atoms with van der Waals surface area (Å²) in [6, 6.07) is 16.7. The molecule has 0 aliphatic rings. The fourth-order valence-corrected chi connectivity index (χ4v) is 6.33. The number of nitrogens with zero attached hydrogens (tertiary/aromatic N) is 2. The summed E-state index contributed by atoms with van der Waals surface area (Å²) in [6.45, 7) is 3.16. The average molecular weight is 532 g/mol. The summed E-state index contributed by atoms with van der Waals surface area (Å²) in [6.07, 6.45) is 1.01. The molecule has 0 spiro atoms. The molecule has 0 fully saturated rings. The average Bonchev–Trinajstić information content (AvgIpc) is 3.42. The van der Waals surface area contributed by atoms with Gasteiger partial charge in [0.05, 0.1) is 16.4 Å². The highest BCUT2D eigenvalue weighted by Gasteiger charge is 2.22. The minimum Gasteiger partial charge on any atom is -0.352 e. The fraction of sp³-hybridized carbons (Fsp3) is 0.250. The lowest BCUT2D eigenvalue weighted by molar-refractivity contribution is -0.121. The van der Waals surface area contributed by atoms with Gasteiger partial charge in [0.1, 0.15) is 4.21 Å². The van der Waals surface area contributed by atoms with E-state index in [9.17, 15) is 13.2 Å². The lowest BCUT2D eigenvalue weighted by atomic mass is 10.1. The minimum absolute atomic E-state index is 0.0907. The third-order valence-electron chi connectivity index (χ3n) is 5.47. The van der Waals surface area contributed by atoms with Crippen LogP contribution in [-0.4, -0.2) is 30.7 Å². The van der Waals surface area contributed by atoms with Crippen LogP contribution in [0.5, 0.6) is 0 Å².